The minimum absolute atomic E-state index is 0.164. The van der Waals surface area contributed by atoms with Gasteiger partial charge in [-0.3, -0.25) is 0 Å². The van der Waals surface area contributed by atoms with Crippen LogP contribution in [-0.4, -0.2) is 0 Å². The largest absolute Gasteiger partial charge is 0.204 e. The smallest absolute Gasteiger partial charge is 0.162 e. The second kappa shape index (κ2) is 3.05. The van der Waals surface area contributed by atoms with Gasteiger partial charge in [0.25, 0.3) is 0 Å². The molecule has 0 nitrogen and oxygen atoms in total. The van der Waals surface area contributed by atoms with Crippen LogP contribution in [0.5, 0.6) is 0 Å². The number of alkyl halides is 1. The van der Waals surface area contributed by atoms with Crippen LogP contribution in [0.15, 0.2) is 12.1 Å². The lowest BCUT2D eigenvalue weighted by atomic mass is 10.1. The molecule has 70 valence electrons. The average molecular weight is 247 g/mol. The van der Waals surface area contributed by atoms with Gasteiger partial charge < -0.3 is 0 Å². The highest BCUT2D eigenvalue weighted by atomic mass is 79.9. The Morgan fingerprint density at radius 3 is 2.77 bits per heavy atom. The molecule has 0 N–H and O–H groups in total. The van der Waals surface area contributed by atoms with Crippen molar-refractivity contribution in [3.8, 4) is 0 Å². The van der Waals surface area contributed by atoms with Crippen LogP contribution in [0.3, 0.4) is 0 Å². The molecule has 0 radical (unpaired) electrons. The topological polar surface area (TPSA) is 0 Å². The lowest BCUT2D eigenvalue weighted by Gasteiger charge is -2.06. The molecule has 2 rings (SSSR count). The number of benzene rings is 1. The van der Waals surface area contributed by atoms with Crippen LogP contribution >= 0.6 is 15.9 Å². The van der Waals surface area contributed by atoms with Gasteiger partial charge in [0, 0.05) is 4.83 Å². The number of hydrogen-bond acceptors (Lipinski definition) is 0. The Balaban J connectivity index is 2.57. The van der Waals surface area contributed by atoms with Crippen molar-refractivity contribution in [2.24, 2.45) is 5.92 Å². The van der Waals surface area contributed by atoms with Crippen LogP contribution in [-0.2, 0) is 6.42 Å². The lowest BCUT2D eigenvalue weighted by molar-refractivity contribution is 0.496. The van der Waals surface area contributed by atoms with Gasteiger partial charge in [0.15, 0.2) is 11.6 Å². The summed E-state index contributed by atoms with van der Waals surface area (Å²) >= 11 is 3.47. The first kappa shape index (κ1) is 9.13. The zero-order chi connectivity index (χ0) is 9.59. The van der Waals surface area contributed by atoms with Crippen LogP contribution in [0.2, 0.25) is 0 Å². The van der Waals surface area contributed by atoms with Gasteiger partial charge in [-0.25, -0.2) is 8.78 Å². The van der Waals surface area contributed by atoms with E-state index in [9.17, 15) is 8.78 Å². The van der Waals surface area contributed by atoms with Gasteiger partial charge in [0.05, 0.1) is 0 Å². The van der Waals surface area contributed by atoms with E-state index in [-0.39, 0.29) is 4.83 Å². The second-order valence-electron chi connectivity index (χ2n) is 3.51. The SMILES string of the molecule is CC1Cc2c(ccc(F)c2F)C1Br. The fourth-order valence-electron chi connectivity index (χ4n) is 1.81. The van der Waals surface area contributed by atoms with Gasteiger partial charge in [-0.2, -0.15) is 0 Å². The highest BCUT2D eigenvalue weighted by Gasteiger charge is 2.30. The Morgan fingerprint density at radius 1 is 1.38 bits per heavy atom. The molecule has 0 fully saturated rings. The van der Waals surface area contributed by atoms with E-state index in [0.29, 0.717) is 17.9 Å². The Hall–Kier alpha value is -0.440. The summed E-state index contributed by atoms with van der Waals surface area (Å²) in [5.41, 5.74) is 1.43. The molecule has 0 aromatic heterocycles. The standard InChI is InChI=1S/C10H9BrF2/c1-5-4-7-6(9(5)11)2-3-8(12)10(7)13/h2-3,5,9H,4H2,1H3. The first-order chi connectivity index (χ1) is 6.11. The summed E-state index contributed by atoms with van der Waals surface area (Å²) in [7, 11) is 0. The second-order valence-corrected chi connectivity index (χ2v) is 4.50. The lowest BCUT2D eigenvalue weighted by Crippen LogP contribution is -1.94. The molecular weight excluding hydrogens is 238 g/mol. The number of rotatable bonds is 0. The fourth-order valence-corrected chi connectivity index (χ4v) is 2.42. The summed E-state index contributed by atoms with van der Waals surface area (Å²) < 4.78 is 26.1. The first-order valence-electron chi connectivity index (χ1n) is 4.22. The van der Waals surface area contributed by atoms with Crippen molar-refractivity contribution >= 4 is 15.9 Å². The molecule has 1 aromatic rings. The molecule has 0 bridgehead atoms. The van der Waals surface area contributed by atoms with Gasteiger partial charge in [-0.05, 0) is 29.5 Å². The molecule has 1 aliphatic carbocycles. The zero-order valence-electron chi connectivity index (χ0n) is 7.15. The monoisotopic (exact) mass is 246 g/mol. The summed E-state index contributed by atoms with van der Waals surface area (Å²) in [6.45, 7) is 2.02. The van der Waals surface area contributed by atoms with E-state index in [1.54, 1.807) is 6.07 Å². The third kappa shape index (κ3) is 1.30. The minimum Gasteiger partial charge on any atom is -0.204 e. The van der Waals surface area contributed by atoms with Crippen molar-refractivity contribution in [1.82, 2.24) is 0 Å². The molecule has 1 aliphatic rings. The van der Waals surface area contributed by atoms with E-state index < -0.39 is 11.6 Å². The van der Waals surface area contributed by atoms with E-state index in [0.717, 1.165) is 5.56 Å². The molecule has 13 heavy (non-hydrogen) atoms. The highest BCUT2D eigenvalue weighted by Crippen LogP contribution is 2.43. The molecule has 0 spiro atoms. The number of fused-ring (bicyclic) bond motifs is 1. The van der Waals surface area contributed by atoms with Gasteiger partial charge in [-0.1, -0.05) is 28.9 Å². The van der Waals surface area contributed by atoms with E-state index in [4.69, 9.17) is 0 Å². The molecule has 1 aromatic carbocycles. The Kier molecular flexibility index (Phi) is 2.14. The van der Waals surface area contributed by atoms with E-state index in [1.165, 1.54) is 6.07 Å². The molecule has 0 saturated carbocycles. The number of hydrogen-bond donors (Lipinski definition) is 0. The summed E-state index contributed by atoms with van der Waals surface area (Å²) in [5, 5.41) is 0. The maximum atomic E-state index is 13.3. The Bertz CT molecular complexity index is 349. The van der Waals surface area contributed by atoms with Gasteiger partial charge in [0.2, 0.25) is 0 Å². The molecule has 3 heteroatoms. The fraction of sp³-hybridized carbons (Fsp3) is 0.400. The minimum atomic E-state index is -0.743. The molecule has 0 aliphatic heterocycles. The van der Waals surface area contributed by atoms with Crippen LogP contribution in [0.25, 0.3) is 0 Å². The Morgan fingerprint density at radius 2 is 2.08 bits per heavy atom. The Labute approximate surface area is 84.1 Å². The third-order valence-corrected chi connectivity index (χ3v) is 3.95. The van der Waals surface area contributed by atoms with Crippen molar-refractivity contribution in [3.05, 3.63) is 34.9 Å². The van der Waals surface area contributed by atoms with Crippen molar-refractivity contribution in [3.63, 3.8) is 0 Å². The van der Waals surface area contributed by atoms with Gasteiger partial charge in [-0.15, -0.1) is 0 Å². The van der Waals surface area contributed by atoms with Crippen LogP contribution < -0.4 is 0 Å². The highest BCUT2D eigenvalue weighted by molar-refractivity contribution is 9.09. The summed E-state index contributed by atoms with van der Waals surface area (Å²) in [5.74, 6) is -1.08. The van der Waals surface area contributed by atoms with Crippen molar-refractivity contribution in [2.75, 3.05) is 0 Å². The van der Waals surface area contributed by atoms with Crippen LogP contribution in [0, 0.1) is 17.6 Å². The first-order valence-corrected chi connectivity index (χ1v) is 5.13. The van der Waals surface area contributed by atoms with Gasteiger partial charge >= 0.3 is 0 Å². The van der Waals surface area contributed by atoms with E-state index >= 15 is 0 Å². The zero-order valence-corrected chi connectivity index (χ0v) is 8.74. The molecule has 0 heterocycles. The normalized spacial score (nSPS) is 26.2. The van der Waals surface area contributed by atoms with E-state index in [1.807, 2.05) is 6.92 Å². The molecule has 2 unspecified atom stereocenters. The van der Waals surface area contributed by atoms with Crippen LogP contribution in [0.1, 0.15) is 22.9 Å². The predicted molar refractivity (Wildman–Crippen MR) is 50.9 cm³/mol. The van der Waals surface area contributed by atoms with Crippen molar-refractivity contribution < 1.29 is 8.78 Å². The molecular formula is C10H9BrF2. The molecule has 2 atom stereocenters. The summed E-state index contributed by atoms with van der Waals surface area (Å²) in [6, 6.07) is 2.86. The third-order valence-electron chi connectivity index (χ3n) is 2.56. The van der Waals surface area contributed by atoms with Gasteiger partial charge in [0.1, 0.15) is 0 Å². The number of halogens is 3. The predicted octanol–water partition coefficient (Wildman–Crippen LogP) is 3.59. The summed E-state index contributed by atoms with van der Waals surface area (Å²) in [4.78, 5) is 0.164. The van der Waals surface area contributed by atoms with Crippen LogP contribution in [0.4, 0.5) is 8.78 Å². The maximum absolute atomic E-state index is 13.3. The average Bonchev–Trinajstić information content (AvgIpc) is 2.38. The van der Waals surface area contributed by atoms with Crippen molar-refractivity contribution in [2.45, 2.75) is 18.2 Å². The molecule has 0 amide bonds. The quantitative estimate of drug-likeness (QED) is 0.614. The molecule has 0 saturated heterocycles. The van der Waals surface area contributed by atoms with E-state index in [2.05, 4.69) is 15.9 Å². The maximum Gasteiger partial charge on any atom is 0.162 e. The summed E-state index contributed by atoms with van der Waals surface area (Å²) in [6.07, 6.45) is 0.620. The van der Waals surface area contributed by atoms with Crippen molar-refractivity contribution in [1.29, 1.82) is 0 Å².